The third kappa shape index (κ3) is 5.70. The van der Waals surface area contributed by atoms with Crippen molar-refractivity contribution in [2.75, 3.05) is 10.6 Å². The lowest BCUT2D eigenvalue weighted by Gasteiger charge is -2.15. The maximum absolute atomic E-state index is 13.6. The van der Waals surface area contributed by atoms with Gasteiger partial charge in [-0.3, -0.25) is 14.5 Å². The maximum atomic E-state index is 13.6. The summed E-state index contributed by atoms with van der Waals surface area (Å²) in [5.41, 5.74) is 4.25. The van der Waals surface area contributed by atoms with Crippen LogP contribution in [0.25, 0.3) is 16.9 Å². The Morgan fingerprint density at radius 2 is 1.75 bits per heavy atom. The van der Waals surface area contributed by atoms with Gasteiger partial charge in [0.2, 0.25) is 0 Å². The quantitative estimate of drug-likeness (QED) is 0.277. The van der Waals surface area contributed by atoms with Crippen molar-refractivity contribution >= 4 is 17.3 Å². The summed E-state index contributed by atoms with van der Waals surface area (Å²) in [5, 5.41) is 18.3. The van der Waals surface area contributed by atoms with E-state index in [1.54, 1.807) is 64.5 Å². The third-order valence-corrected chi connectivity index (χ3v) is 6.49. The summed E-state index contributed by atoms with van der Waals surface area (Å²) < 4.78 is 44.2. The van der Waals surface area contributed by atoms with Crippen molar-refractivity contribution in [3.05, 3.63) is 101 Å². The van der Waals surface area contributed by atoms with Crippen LogP contribution in [0.2, 0.25) is 0 Å². The molecule has 0 radical (unpaired) electrons. The van der Waals surface area contributed by atoms with Crippen LogP contribution < -0.4 is 10.6 Å². The average molecular weight is 547 g/mol. The first-order valence-corrected chi connectivity index (χ1v) is 12.3. The molecule has 0 aliphatic carbocycles. The number of benzene rings is 2. The van der Waals surface area contributed by atoms with Crippen LogP contribution in [-0.2, 0) is 19.8 Å². The fourth-order valence-electron chi connectivity index (χ4n) is 4.13. The third-order valence-electron chi connectivity index (χ3n) is 6.49. The van der Waals surface area contributed by atoms with E-state index in [9.17, 15) is 18.0 Å². The molecule has 0 saturated heterocycles. The second kappa shape index (κ2) is 10.6. The molecule has 5 rings (SSSR count). The maximum Gasteiger partial charge on any atom is 0.416 e. The van der Waals surface area contributed by atoms with Crippen molar-refractivity contribution < 1.29 is 18.0 Å². The Bertz CT molecular complexity index is 1670. The van der Waals surface area contributed by atoms with Crippen molar-refractivity contribution in [2.45, 2.75) is 26.6 Å². The van der Waals surface area contributed by atoms with Crippen molar-refractivity contribution in [2.24, 2.45) is 7.05 Å². The minimum atomic E-state index is -4.59. The molecule has 2 aromatic carbocycles. The Morgan fingerprint density at radius 3 is 2.45 bits per heavy atom. The molecule has 5 aromatic rings. The first-order valence-electron chi connectivity index (χ1n) is 12.3. The monoisotopic (exact) mass is 546 g/mol. The number of aromatic nitrogens is 6. The Kier molecular flexibility index (Phi) is 7.07. The van der Waals surface area contributed by atoms with E-state index in [4.69, 9.17) is 0 Å². The second-order valence-corrected chi connectivity index (χ2v) is 9.28. The van der Waals surface area contributed by atoms with E-state index in [0.29, 0.717) is 11.4 Å². The number of amides is 1. The summed E-state index contributed by atoms with van der Waals surface area (Å²) in [6.07, 6.45) is 2.05. The minimum Gasteiger partial charge on any atom is -0.381 e. The van der Waals surface area contributed by atoms with E-state index in [1.165, 1.54) is 6.07 Å². The van der Waals surface area contributed by atoms with E-state index in [0.717, 1.165) is 34.5 Å². The molecule has 9 nitrogen and oxygen atoms in total. The van der Waals surface area contributed by atoms with Gasteiger partial charge in [-0.25, -0.2) is 4.68 Å². The van der Waals surface area contributed by atoms with Gasteiger partial charge in [-0.05, 0) is 67.4 Å². The molecule has 12 heteroatoms. The van der Waals surface area contributed by atoms with Gasteiger partial charge in [0.15, 0.2) is 0 Å². The van der Waals surface area contributed by atoms with E-state index in [-0.39, 0.29) is 23.5 Å². The zero-order valence-electron chi connectivity index (χ0n) is 21.9. The van der Waals surface area contributed by atoms with Gasteiger partial charge >= 0.3 is 6.18 Å². The predicted octanol–water partition coefficient (Wildman–Crippen LogP) is 5.56. The average Bonchev–Trinajstić information content (AvgIpc) is 3.54. The highest BCUT2D eigenvalue weighted by Crippen LogP contribution is 2.34. The van der Waals surface area contributed by atoms with Crippen LogP contribution in [0.3, 0.4) is 0 Å². The summed E-state index contributed by atoms with van der Waals surface area (Å²) in [4.78, 5) is 17.1. The van der Waals surface area contributed by atoms with Gasteiger partial charge in [0.25, 0.3) is 5.91 Å². The van der Waals surface area contributed by atoms with Gasteiger partial charge in [0, 0.05) is 54.2 Å². The number of pyridine rings is 1. The molecule has 0 fully saturated rings. The SMILES string of the molecule is Cc1ccc(C(=O)Nc2cc(NCc3ccncc3)cc(C(F)(F)F)c2)cc1-n1cc(-c2cnn(C)c2C)nn1. The molecule has 0 unspecified atom stereocenters. The summed E-state index contributed by atoms with van der Waals surface area (Å²) in [6.45, 7) is 4.07. The highest BCUT2D eigenvalue weighted by molar-refractivity contribution is 6.05. The highest BCUT2D eigenvalue weighted by atomic mass is 19.4. The largest absolute Gasteiger partial charge is 0.416 e. The minimum absolute atomic E-state index is 0.00859. The molecule has 0 atom stereocenters. The van der Waals surface area contributed by atoms with E-state index in [2.05, 4.69) is 31.0 Å². The van der Waals surface area contributed by atoms with Crippen LogP contribution in [0.1, 0.15) is 32.7 Å². The number of carbonyl (C=O) groups excluding carboxylic acids is 1. The molecule has 0 spiro atoms. The molecular formula is C28H25F3N8O. The number of rotatable bonds is 7. The first kappa shape index (κ1) is 26.6. The Morgan fingerprint density at radius 1 is 1.00 bits per heavy atom. The number of nitrogens with zero attached hydrogens (tertiary/aromatic N) is 6. The number of alkyl halides is 3. The fourth-order valence-corrected chi connectivity index (χ4v) is 4.13. The van der Waals surface area contributed by atoms with Crippen molar-refractivity contribution in [1.29, 1.82) is 0 Å². The number of nitrogens with one attached hydrogen (secondary N) is 2. The number of hydrogen-bond donors (Lipinski definition) is 2. The summed E-state index contributed by atoms with van der Waals surface area (Å²) in [7, 11) is 1.83. The van der Waals surface area contributed by atoms with Crippen LogP contribution in [0.4, 0.5) is 24.5 Å². The second-order valence-electron chi connectivity index (χ2n) is 9.28. The van der Waals surface area contributed by atoms with Gasteiger partial charge in [0.1, 0.15) is 5.69 Å². The lowest BCUT2D eigenvalue weighted by Crippen LogP contribution is -2.15. The standard InChI is InChI=1S/C28H25F3N8O/c1-17-4-5-20(10-26(17)39-16-25(36-37-39)24-15-34-38(3)18(24)2)27(40)35-23-12-21(28(29,30)31)11-22(13-23)33-14-19-6-8-32-9-7-19/h4-13,15-16,33H,14H2,1-3H3,(H,35,40). The van der Waals surface area contributed by atoms with Crippen LogP contribution >= 0.6 is 0 Å². The first-order chi connectivity index (χ1) is 19.1. The van der Waals surface area contributed by atoms with Crippen LogP contribution in [-0.4, -0.2) is 35.7 Å². The molecule has 204 valence electrons. The van der Waals surface area contributed by atoms with Gasteiger partial charge in [0.05, 0.1) is 23.6 Å². The van der Waals surface area contributed by atoms with Gasteiger partial charge in [-0.2, -0.15) is 18.3 Å². The number of anilines is 2. The van der Waals surface area contributed by atoms with Crippen molar-refractivity contribution in [1.82, 2.24) is 29.8 Å². The Labute approximate surface area is 227 Å². The van der Waals surface area contributed by atoms with E-state index in [1.807, 2.05) is 20.9 Å². The van der Waals surface area contributed by atoms with Gasteiger partial charge in [-0.15, -0.1) is 5.10 Å². The molecule has 0 aliphatic heterocycles. The van der Waals surface area contributed by atoms with Gasteiger partial charge in [-0.1, -0.05) is 11.3 Å². The van der Waals surface area contributed by atoms with Gasteiger partial charge < -0.3 is 10.6 Å². The summed E-state index contributed by atoms with van der Waals surface area (Å²) in [5.74, 6) is -0.566. The van der Waals surface area contributed by atoms with Crippen molar-refractivity contribution in [3.63, 3.8) is 0 Å². The molecule has 0 bridgehead atoms. The zero-order valence-corrected chi connectivity index (χ0v) is 21.9. The van der Waals surface area contributed by atoms with Crippen molar-refractivity contribution in [3.8, 4) is 16.9 Å². The van der Waals surface area contributed by atoms with Crippen LogP contribution in [0.15, 0.2) is 73.3 Å². The number of aryl methyl sites for hydroxylation is 2. The molecule has 2 N–H and O–H groups in total. The Hall–Kier alpha value is -5.00. The molecule has 3 aromatic heterocycles. The number of carbonyl (C=O) groups is 1. The normalized spacial score (nSPS) is 11.4. The fraction of sp³-hybridized carbons (Fsp3) is 0.179. The number of halogens is 3. The van der Waals surface area contributed by atoms with E-state index >= 15 is 0 Å². The Balaban J connectivity index is 1.39. The molecular weight excluding hydrogens is 521 g/mol. The van der Waals surface area contributed by atoms with Crippen LogP contribution in [0, 0.1) is 13.8 Å². The van der Waals surface area contributed by atoms with Crippen LogP contribution in [0.5, 0.6) is 0 Å². The molecule has 3 heterocycles. The summed E-state index contributed by atoms with van der Waals surface area (Å²) >= 11 is 0. The zero-order chi connectivity index (χ0) is 28.4. The smallest absolute Gasteiger partial charge is 0.381 e. The molecule has 40 heavy (non-hydrogen) atoms. The predicted molar refractivity (Wildman–Crippen MR) is 144 cm³/mol. The molecule has 0 saturated carbocycles. The lowest BCUT2D eigenvalue weighted by molar-refractivity contribution is -0.137. The number of hydrogen-bond acceptors (Lipinski definition) is 6. The van der Waals surface area contributed by atoms with E-state index < -0.39 is 17.6 Å². The highest BCUT2D eigenvalue weighted by Gasteiger charge is 2.31. The molecule has 0 aliphatic rings. The molecule has 1 amide bonds. The summed E-state index contributed by atoms with van der Waals surface area (Å²) in [6, 6.07) is 11.9. The lowest BCUT2D eigenvalue weighted by atomic mass is 10.1. The topological polar surface area (TPSA) is 103 Å².